The topological polar surface area (TPSA) is 80.0 Å². The molecule has 4 rings (SSSR count). The normalized spacial score (nSPS) is 10.6. The number of nitrogens with one attached hydrogen (secondary N) is 1. The summed E-state index contributed by atoms with van der Waals surface area (Å²) in [6, 6.07) is 20.0. The number of nitrogens with zero attached hydrogens (tertiary/aromatic N) is 3. The number of pyridine rings is 1. The number of carbonyl (C=O) groups is 1. The molecule has 1 amide bonds. The first-order valence-corrected chi connectivity index (χ1v) is 8.83. The first kappa shape index (κ1) is 17.5. The standard InChI is InChI=1S/C22H18N4O2/c27-20-9-5-4-8-19(20)22(28)24-14-17-15-26(18-6-2-1-3-7-18)25-21(17)16-10-12-23-13-11-16/h1-13,15,27H,14H2,(H,24,28). The average molecular weight is 370 g/mol. The van der Waals surface area contributed by atoms with Gasteiger partial charge in [-0.1, -0.05) is 30.3 Å². The Morgan fingerprint density at radius 2 is 1.68 bits per heavy atom. The number of hydrogen-bond acceptors (Lipinski definition) is 4. The van der Waals surface area contributed by atoms with E-state index >= 15 is 0 Å². The molecule has 6 heteroatoms. The van der Waals surface area contributed by atoms with Crippen LogP contribution in [0.3, 0.4) is 0 Å². The van der Waals surface area contributed by atoms with E-state index in [1.165, 1.54) is 6.07 Å². The van der Waals surface area contributed by atoms with Crippen molar-refractivity contribution in [1.82, 2.24) is 20.1 Å². The van der Waals surface area contributed by atoms with Gasteiger partial charge < -0.3 is 10.4 Å². The molecule has 0 spiro atoms. The van der Waals surface area contributed by atoms with E-state index in [0.717, 1.165) is 22.5 Å². The lowest BCUT2D eigenvalue weighted by Gasteiger charge is -2.07. The maximum Gasteiger partial charge on any atom is 0.255 e. The molecular formula is C22H18N4O2. The molecule has 0 radical (unpaired) electrons. The van der Waals surface area contributed by atoms with Crippen molar-refractivity contribution < 1.29 is 9.90 Å². The van der Waals surface area contributed by atoms with Gasteiger partial charge in [0, 0.05) is 36.3 Å². The molecule has 28 heavy (non-hydrogen) atoms. The summed E-state index contributed by atoms with van der Waals surface area (Å²) < 4.78 is 1.79. The zero-order valence-electron chi connectivity index (χ0n) is 15.0. The Morgan fingerprint density at radius 3 is 2.43 bits per heavy atom. The Hall–Kier alpha value is -3.93. The minimum atomic E-state index is -0.341. The van der Waals surface area contributed by atoms with Crippen LogP contribution >= 0.6 is 0 Å². The highest BCUT2D eigenvalue weighted by molar-refractivity contribution is 5.96. The smallest absolute Gasteiger partial charge is 0.255 e. The van der Waals surface area contributed by atoms with Crippen LogP contribution in [0.15, 0.2) is 85.3 Å². The van der Waals surface area contributed by atoms with E-state index in [1.807, 2.05) is 48.7 Å². The van der Waals surface area contributed by atoms with Gasteiger partial charge in [0.1, 0.15) is 5.75 Å². The highest BCUT2D eigenvalue weighted by atomic mass is 16.3. The molecule has 0 bridgehead atoms. The average Bonchev–Trinajstić information content (AvgIpc) is 3.18. The summed E-state index contributed by atoms with van der Waals surface area (Å²) >= 11 is 0. The Bertz CT molecular complexity index is 1090. The molecule has 2 aromatic heterocycles. The van der Waals surface area contributed by atoms with E-state index in [2.05, 4.69) is 10.3 Å². The second-order valence-electron chi connectivity index (χ2n) is 6.22. The van der Waals surface area contributed by atoms with Crippen molar-refractivity contribution in [2.75, 3.05) is 0 Å². The lowest BCUT2D eigenvalue weighted by Crippen LogP contribution is -2.22. The fraction of sp³-hybridized carbons (Fsp3) is 0.0455. The van der Waals surface area contributed by atoms with E-state index in [-0.39, 0.29) is 23.8 Å². The maximum absolute atomic E-state index is 12.5. The first-order chi connectivity index (χ1) is 13.7. The molecule has 0 unspecified atom stereocenters. The lowest BCUT2D eigenvalue weighted by atomic mass is 10.1. The predicted molar refractivity (Wildman–Crippen MR) is 106 cm³/mol. The zero-order valence-corrected chi connectivity index (χ0v) is 15.0. The Morgan fingerprint density at radius 1 is 0.964 bits per heavy atom. The third-order valence-corrected chi connectivity index (χ3v) is 4.35. The zero-order chi connectivity index (χ0) is 19.3. The van der Waals surface area contributed by atoms with Gasteiger partial charge in [-0.25, -0.2) is 4.68 Å². The molecule has 0 aliphatic carbocycles. The van der Waals surface area contributed by atoms with Crippen molar-refractivity contribution in [1.29, 1.82) is 0 Å². The highest BCUT2D eigenvalue weighted by Gasteiger charge is 2.15. The number of benzene rings is 2. The van der Waals surface area contributed by atoms with E-state index in [1.54, 1.807) is 35.3 Å². The van der Waals surface area contributed by atoms with Gasteiger partial charge in [-0.2, -0.15) is 5.10 Å². The largest absolute Gasteiger partial charge is 0.507 e. The monoisotopic (exact) mass is 370 g/mol. The summed E-state index contributed by atoms with van der Waals surface area (Å²) in [4.78, 5) is 16.5. The Labute approximate surface area is 162 Å². The van der Waals surface area contributed by atoms with Crippen LogP contribution in [0.1, 0.15) is 15.9 Å². The summed E-state index contributed by atoms with van der Waals surface area (Å²) in [7, 11) is 0. The molecule has 6 nitrogen and oxygen atoms in total. The molecule has 4 aromatic rings. The number of hydrogen-bond donors (Lipinski definition) is 2. The van der Waals surface area contributed by atoms with Crippen molar-refractivity contribution in [3.63, 3.8) is 0 Å². The van der Waals surface area contributed by atoms with Crippen molar-refractivity contribution in [3.05, 3.63) is 96.4 Å². The Balaban J connectivity index is 1.64. The van der Waals surface area contributed by atoms with Gasteiger partial charge in [-0.3, -0.25) is 9.78 Å². The molecule has 0 saturated carbocycles. The van der Waals surface area contributed by atoms with Crippen LogP contribution in [0.25, 0.3) is 16.9 Å². The molecule has 0 aliphatic heterocycles. The fourth-order valence-electron chi connectivity index (χ4n) is 2.94. The van der Waals surface area contributed by atoms with Crippen LogP contribution in [-0.2, 0) is 6.54 Å². The number of phenols is 1. The number of rotatable bonds is 5. The predicted octanol–water partition coefficient (Wildman–Crippen LogP) is 3.57. The number of aromatic nitrogens is 3. The van der Waals surface area contributed by atoms with Crippen LogP contribution in [-0.4, -0.2) is 25.8 Å². The minimum absolute atomic E-state index is 0.0469. The van der Waals surface area contributed by atoms with E-state index in [0.29, 0.717) is 0 Å². The summed E-state index contributed by atoms with van der Waals surface area (Å²) in [5.41, 5.74) is 3.71. The van der Waals surface area contributed by atoms with Crippen molar-refractivity contribution in [2.24, 2.45) is 0 Å². The van der Waals surface area contributed by atoms with Gasteiger partial charge in [0.2, 0.25) is 0 Å². The number of phenolic OH excluding ortho intramolecular Hbond substituents is 1. The van der Waals surface area contributed by atoms with Gasteiger partial charge >= 0.3 is 0 Å². The van der Waals surface area contributed by atoms with Gasteiger partial charge in [0.15, 0.2) is 0 Å². The van der Waals surface area contributed by atoms with E-state index < -0.39 is 0 Å². The lowest BCUT2D eigenvalue weighted by molar-refractivity contribution is 0.0948. The van der Waals surface area contributed by atoms with Crippen LogP contribution < -0.4 is 5.32 Å². The summed E-state index contributed by atoms with van der Waals surface area (Å²) in [5.74, 6) is -0.388. The Kier molecular flexibility index (Phi) is 4.84. The highest BCUT2D eigenvalue weighted by Crippen LogP contribution is 2.23. The molecule has 2 aromatic carbocycles. The molecule has 2 N–H and O–H groups in total. The summed E-state index contributed by atoms with van der Waals surface area (Å²) in [5, 5.41) is 17.4. The molecule has 0 atom stereocenters. The quantitative estimate of drug-likeness (QED) is 0.563. The summed E-state index contributed by atoms with van der Waals surface area (Å²) in [6.45, 7) is 0.275. The molecule has 138 valence electrons. The maximum atomic E-state index is 12.5. The second-order valence-corrected chi connectivity index (χ2v) is 6.22. The van der Waals surface area contributed by atoms with Crippen LogP contribution in [0.5, 0.6) is 5.75 Å². The van der Waals surface area contributed by atoms with Crippen LogP contribution in [0, 0.1) is 0 Å². The SMILES string of the molecule is O=C(NCc1cn(-c2ccccc2)nc1-c1ccncc1)c1ccccc1O. The number of para-hydroxylation sites is 2. The van der Waals surface area contributed by atoms with Gasteiger partial charge in [0.25, 0.3) is 5.91 Å². The number of carbonyl (C=O) groups excluding carboxylic acids is 1. The molecule has 0 aliphatic rings. The third kappa shape index (κ3) is 3.61. The van der Waals surface area contributed by atoms with Gasteiger partial charge in [-0.05, 0) is 36.4 Å². The van der Waals surface area contributed by atoms with Gasteiger partial charge in [-0.15, -0.1) is 0 Å². The minimum Gasteiger partial charge on any atom is -0.507 e. The van der Waals surface area contributed by atoms with E-state index in [9.17, 15) is 9.90 Å². The third-order valence-electron chi connectivity index (χ3n) is 4.35. The summed E-state index contributed by atoms with van der Waals surface area (Å²) in [6.07, 6.45) is 5.32. The van der Waals surface area contributed by atoms with E-state index in [4.69, 9.17) is 5.10 Å². The molecule has 0 saturated heterocycles. The van der Waals surface area contributed by atoms with Crippen LogP contribution in [0.2, 0.25) is 0 Å². The van der Waals surface area contributed by atoms with Crippen molar-refractivity contribution in [3.8, 4) is 22.7 Å². The fourth-order valence-corrected chi connectivity index (χ4v) is 2.94. The first-order valence-electron chi connectivity index (χ1n) is 8.83. The molecule has 2 heterocycles. The number of amides is 1. The van der Waals surface area contributed by atoms with Gasteiger partial charge in [0.05, 0.1) is 16.9 Å². The van der Waals surface area contributed by atoms with Crippen molar-refractivity contribution in [2.45, 2.75) is 6.54 Å². The second kappa shape index (κ2) is 7.75. The molecular weight excluding hydrogens is 352 g/mol. The number of aromatic hydroxyl groups is 1. The van der Waals surface area contributed by atoms with Crippen LogP contribution in [0.4, 0.5) is 0 Å². The molecule has 0 fully saturated rings. The van der Waals surface area contributed by atoms with Crippen molar-refractivity contribution >= 4 is 5.91 Å².